The van der Waals surface area contributed by atoms with Gasteiger partial charge in [0.1, 0.15) is 24.2 Å². The molecule has 3 N–H and O–H groups in total. The molecule has 1 aromatic rings. The summed E-state index contributed by atoms with van der Waals surface area (Å²) in [5.41, 5.74) is -0.265. The number of nitrogens with zero attached hydrogens (tertiary/aromatic N) is 1. The Balaban J connectivity index is 2.35. The molecule has 0 bridgehead atoms. The second kappa shape index (κ2) is 11.1. The first-order valence-electron chi connectivity index (χ1n) is 10.8. The minimum absolute atomic E-state index is 0.120. The number of carbonyl (C=O) groups is 4. The quantitative estimate of drug-likeness (QED) is 0.468. The number of hydrogen-bond donors (Lipinski definition) is 3. The summed E-state index contributed by atoms with van der Waals surface area (Å²) in [5, 5.41) is 14.8. The van der Waals surface area contributed by atoms with Crippen molar-refractivity contribution in [2.75, 3.05) is 20.3 Å². The van der Waals surface area contributed by atoms with Crippen LogP contribution < -0.4 is 10.6 Å². The Morgan fingerprint density at radius 3 is 2.27 bits per heavy atom. The molecule has 1 aromatic carbocycles. The molecule has 1 saturated carbocycles. The van der Waals surface area contributed by atoms with Gasteiger partial charge in [-0.25, -0.2) is 4.79 Å². The molecule has 3 amide bonds. The molecule has 1 fully saturated rings. The molecular weight excluding hydrogens is 430 g/mol. The Bertz CT molecular complexity index is 853. The molecule has 10 nitrogen and oxygen atoms in total. The van der Waals surface area contributed by atoms with E-state index in [1.807, 2.05) is 6.92 Å². The fraction of sp³-hybridized carbons (Fsp3) is 0.565. The average molecular weight is 464 g/mol. The zero-order chi connectivity index (χ0) is 24.8. The predicted octanol–water partition coefficient (Wildman–Crippen LogP) is 1.14. The molecule has 4 atom stereocenters. The lowest BCUT2D eigenvalue weighted by molar-refractivity contribution is -0.145. The van der Waals surface area contributed by atoms with Crippen molar-refractivity contribution in [2.24, 2.45) is 5.92 Å². The number of methoxy groups -OCH3 is 1. The SMILES string of the molecule is COC(=O)CNC(=O)C(c1ccccc1)N(C(=O)C(CO)NC(=O)OC(C)(C)C)C1CC1C. The van der Waals surface area contributed by atoms with Gasteiger partial charge in [0.15, 0.2) is 0 Å². The van der Waals surface area contributed by atoms with E-state index in [4.69, 9.17) is 4.74 Å². The highest BCUT2D eigenvalue weighted by Crippen LogP contribution is 2.40. The maximum absolute atomic E-state index is 13.5. The molecule has 182 valence electrons. The fourth-order valence-corrected chi connectivity index (χ4v) is 3.39. The zero-order valence-electron chi connectivity index (χ0n) is 19.7. The van der Waals surface area contributed by atoms with Gasteiger partial charge in [0.25, 0.3) is 0 Å². The summed E-state index contributed by atoms with van der Waals surface area (Å²) in [6.45, 7) is 5.93. The number of benzene rings is 1. The highest BCUT2D eigenvalue weighted by molar-refractivity contribution is 5.93. The lowest BCUT2D eigenvalue weighted by Gasteiger charge is -2.34. The first kappa shape index (κ1) is 26.1. The Hall–Kier alpha value is -3.14. The molecule has 0 heterocycles. The first-order chi connectivity index (χ1) is 15.5. The van der Waals surface area contributed by atoms with Crippen molar-refractivity contribution in [1.82, 2.24) is 15.5 Å². The Kier molecular flexibility index (Phi) is 8.81. The van der Waals surface area contributed by atoms with Crippen molar-refractivity contribution in [3.05, 3.63) is 35.9 Å². The highest BCUT2D eigenvalue weighted by Gasteiger charge is 2.48. The largest absolute Gasteiger partial charge is 0.468 e. The number of aliphatic hydroxyl groups is 1. The van der Waals surface area contributed by atoms with E-state index in [2.05, 4.69) is 15.4 Å². The number of rotatable bonds is 9. The molecular formula is C23H33N3O7. The number of ether oxygens (including phenoxy) is 2. The van der Waals surface area contributed by atoms with Crippen LogP contribution in [0.25, 0.3) is 0 Å². The van der Waals surface area contributed by atoms with Gasteiger partial charge >= 0.3 is 12.1 Å². The van der Waals surface area contributed by atoms with Crippen LogP contribution in [0.3, 0.4) is 0 Å². The second-order valence-electron chi connectivity index (χ2n) is 9.01. The first-order valence-corrected chi connectivity index (χ1v) is 10.8. The smallest absolute Gasteiger partial charge is 0.408 e. The van der Waals surface area contributed by atoms with Crippen LogP contribution in [0.1, 0.15) is 45.7 Å². The minimum atomic E-state index is -1.31. The summed E-state index contributed by atoms with van der Waals surface area (Å²) in [6.07, 6.45) is -0.200. The van der Waals surface area contributed by atoms with E-state index in [0.717, 1.165) is 0 Å². The lowest BCUT2D eigenvalue weighted by atomic mass is 10.0. The molecule has 10 heteroatoms. The van der Waals surface area contributed by atoms with Gasteiger partial charge in [-0.2, -0.15) is 0 Å². The van der Waals surface area contributed by atoms with Crippen LogP contribution in [0.2, 0.25) is 0 Å². The van der Waals surface area contributed by atoms with Crippen LogP contribution in [0, 0.1) is 5.92 Å². The summed E-state index contributed by atoms with van der Waals surface area (Å²) < 4.78 is 9.79. The summed E-state index contributed by atoms with van der Waals surface area (Å²) in [6, 6.07) is 5.98. The number of nitrogens with one attached hydrogen (secondary N) is 2. The van der Waals surface area contributed by atoms with E-state index >= 15 is 0 Å². The van der Waals surface area contributed by atoms with Crippen LogP contribution in [0.5, 0.6) is 0 Å². The molecule has 2 rings (SSSR count). The molecule has 1 aliphatic carbocycles. The number of aliphatic hydroxyl groups excluding tert-OH is 1. The van der Waals surface area contributed by atoms with Gasteiger partial charge in [0.2, 0.25) is 11.8 Å². The minimum Gasteiger partial charge on any atom is -0.468 e. The number of alkyl carbamates (subject to hydrolysis) is 1. The number of esters is 1. The summed E-state index contributed by atoms with van der Waals surface area (Å²) in [5.74, 6) is -1.71. The van der Waals surface area contributed by atoms with E-state index in [0.29, 0.717) is 12.0 Å². The van der Waals surface area contributed by atoms with E-state index in [9.17, 15) is 24.3 Å². The molecule has 0 aliphatic heterocycles. The lowest BCUT2D eigenvalue weighted by Crippen LogP contribution is -2.55. The van der Waals surface area contributed by atoms with Gasteiger partial charge < -0.3 is 30.1 Å². The van der Waals surface area contributed by atoms with Crippen molar-refractivity contribution in [3.8, 4) is 0 Å². The van der Waals surface area contributed by atoms with Crippen LogP contribution >= 0.6 is 0 Å². The molecule has 0 radical (unpaired) electrons. The van der Waals surface area contributed by atoms with Crippen LogP contribution in [-0.2, 0) is 23.9 Å². The molecule has 0 saturated heterocycles. The van der Waals surface area contributed by atoms with Crippen LogP contribution in [0.4, 0.5) is 4.79 Å². The number of carbonyl (C=O) groups excluding carboxylic acids is 4. The van der Waals surface area contributed by atoms with Crippen molar-refractivity contribution < 1.29 is 33.8 Å². The Morgan fingerprint density at radius 2 is 1.79 bits per heavy atom. The molecule has 33 heavy (non-hydrogen) atoms. The number of hydrogen-bond acceptors (Lipinski definition) is 7. The summed E-state index contributed by atoms with van der Waals surface area (Å²) in [4.78, 5) is 51.9. The highest BCUT2D eigenvalue weighted by atomic mass is 16.6. The van der Waals surface area contributed by atoms with Crippen molar-refractivity contribution in [2.45, 2.75) is 57.8 Å². The monoisotopic (exact) mass is 463 g/mol. The normalized spacial score (nSPS) is 19.0. The van der Waals surface area contributed by atoms with E-state index in [1.54, 1.807) is 51.1 Å². The molecule has 0 spiro atoms. The predicted molar refractivity (Wildman–Crippen MR) is 119 cm³/mol. The van der Waals surface area contributed by atoms with Crippen LogP contribution in [0.15, 0.2) is 30.3 Å². The van der Waals surface area contributed by atoms with Gasteiger partial charge in [-0.15, -0.1) is 0 Å². The standard InChI is InChI=1S/C23H33N3O7/c1-14-11-17(14)26(21(30)16(13-27)25-22(31)33-23(2,3)4)19(15-9-7-6-8-10-15)20(29)24-12-18(28)32-5/h6-10,14,16-17,19,27H,11-13H2,1-5H3,(H,24,29)(H,25,31). The zero-order valence-corrected chi connectivity index (χ0v) is 19.7. The van der Waals surface area contributed by atoms with Crippen molar-refractivity contribution >= 4 is 23.9 Å². The average Bonchev–Trinajstić information content (AvgIpc) is 3.48. The van der Waals surface area contributed by atoms with Crippen LogP contribution in [-0.4, -0.2) is 71.8 Å². The Labute approximate surface area is 193 Å². The third-order valence-electron chi connectivity index (χ3n) is 5.13. The van der Waals surface area contributed by atoms with Gasteiger partial charge in [0.05, 0.1) is 13.7 Å². The van der Waals surface area contributed by atoms with E-state index in [1.165, 1.54) is 12.0 Å². The molecule has 4 unspecified atom stereocenters. The molecule has 1 aliphatic rings. The van der Waals surface area contributed by atoms with E-state index < -0.39 is 48.2 Å². The summed E-state index contributed by atoms with van der Waals surface area (Å²) >= 11 is 0. The Morgan fingerprint density at radius 1 is 1.18 bits per heavy atom. The second-order valence-corrected chi connectivity index (χ2v) is 9.01. The fourth-order valence-electron chi connectivity index (χ4n) is 3.39. The van der Waals surface area contributed by atoms with Gasteiger partial charge in [-0.05, 0) is 38.7 Å². The summed E-state index contributed by atoms with van der Waals surface area (Å²) in [7, 11) is 1.21. The maximum atomic E-state index is 13.5. The topological polar surface area (TPSA) is 134 Å². The third kappa shape index (κ3) is 7.45. The van der Waals surface area contributed by atoms with Gasteiger partial charge in [0, 0.05) is 6.04 Å². The van der Waals surface area contributed by atoms with Gasteiger partial charge in [-0.1, -0.05) is 37.3 Å². The third-order valence-corrected chi connectivity index (χ3v) is 5.13. The number of amides is 3. The van der Waals surface area contributed by atoms with Gasteiger partial charge in [-0.3, -0.25) is 14.4 Å². The van der Waals surface area contributed by atoms with Crippen molar-refractivity contribution in [1.29, 1.82) is 0 Å². The molecule has 0 aromatic heterocycles. The maximum Gasteiger partial charge on any atom is 0.408 e. The van der Waals surface area contributed by atoms with Crippen molar-refractivity contribution in [3.63, 3.8) is 0 Å². The van der Waals surface area contributed by atoms with E-state index in [-0.39, 0.29) is 18.5 Å².